The van der Waals surface area contributed by atoms with Crippen molar-refractivity contribution in [3.8, 4) is 17.0 Å². The molecule has 0 bridgehead atoms. The van der Waals surface area contributed by atoms with Crippen LogP contribution in [0.1, 0.15) is 10.4 Å². The van der Waals surface area contributed by atoms with Crippen molar-refractivity contribution in [2.24, 2.45) is 0 Å². The van der Waals surface area contributed by atoms with Gasteiger partial charge in [0.15, 0.2) is 0 Å². The number of hydrogen-bond acceptors (Lipinski definition) is 6. The third kappa shape index (κ3) is 4.26. The van der Waals surface area contributed by atoms with Gasteiger partial charge in [0.2, 0.25) is 0 Å². The molecular weight excluding hydrogens is 396 g/mol. The number of hydrogen-bond donors (Lipinski definition) is 0. The van der Waals surface area contributed by atoms with Gasteiger partial charge in [0.1, 0.15) is 17.9 Å². The lowest BCUT2D eigenvalue weighted by Crippen LogP contribution is -2.49. The number of carbonyl (C=O) groups is 1. The van der Waals surface area contributed by atoms with Crippen molar-refractivity contribution in [1.29, 1.82) is 0 Å². The van der Waals surface area contributed by atoms with Crippen molar-refractivity contribution in [1.82, 2.24) is 14.9 Å². The summed E-state index contributed by atoms with van der Waals surface area (Å²) in [6.45, 7) is 2.82. The van der Waals surface area contributed by atoms with Crippen LogP contribution in [0.3, 0.4) is 0 Å². The highest BCUT2D eigenvalue weighted by molar-refractivity contribution is 7.98. The second-order valence-corrected chi connectivity index (χ2v) is 7.82. The van der Waals surface area contributed by atoms with E-state index in [1.807, 2.05) is 65.8 Å². The number of thioether (sulfide) groups is 1. The second-order valence-electron chi connectivity index (χ2n) is 6.97. The summed E-state index contributed by atoms with van der Waals surface area (Å²) >= 11 is 1.60. The number of rotatable bonds is 5. The first-order chi connectivity index (χ1) is 14.7. The molecule has 6 nitrogen and oxygen atoms in total. The molecule has 30 heavy (non-hydrogen) atoms. The van der Waals surface area contributed by atoms with Gasteiger partial charge in [-0.25, -0.2) is 9.97 Å². The van der Waals surface area contributed by atoms with E-state index in [-0.39, 0.29) is 5.91 Å². The molecule has 154 valence electrons. The van der Waals surface area contributed by atoms with Crippen LogP contribution < -0.4 is 9.64 Å². The number of methoxy groups -OCH3 is 1. The van der Waals surface area contributed by atoms with Gasteiger partial charge in [-0.15, -0.1) is 11.8 Å². The Morgan fingerprint density at radius 2 is 1.73 bits per heavy atom. The summed E-state index contributed by atoms with van der Waals surface area (Å²) in [7, 11) is 1.65. The van der Waals surface area contributed by atoms with Gasteiger partial charge in [0.05, 0.1) is 18.4 Å². The van der Waals surface area contributed by atoms with Crippen molar-refractivity contribution >= 4 is 23.5 Å². The van der Waals surface area contributed by atoms with Crippen LogP contribution in [0.5, 0.6) is 5.75 Å². The SMILES string of the molecule is COc1ccc(-c2cc(N3CCN(C(=O)c4ccccc4SC)CC3)ncn2)cc1. The number of piperazine rings is 1. The largest absolute Gasteiger partial charge is 0.497 e. The Morgan fingerprint density at radius 3 is 2.43 bits per heavy atom. The van der Waals surface area contributed by atoms with Crippen molar-refractivity contribution in [3.05, 3.63) is 66.5 Å². The van der Waals surface area contributed by atoms with Gasteiger partial charge < -0.3 is 14.5 Å². The van der Waals surface area contributed by atoms with Crippen molar-refractivity contribution < 1.29 is 9.53 Å². The molecule has 4 rings (SSSR count). The number of carbonyl (C=O) groups excluding carboxylic acids is 1. The zero-order valence-corrected chi connectivity index (χ0v) is 17.9. The molecule has 1 aliphatic heterocycles. The average Bonchev–Trinajstić information content (AvgIpc) is 2.84. The first kappa shape index (κ1) is 20.2. The summed E-state index contributed by atoms with van der Waals surface area (Å²) in [5, 5.41) is 0. The van der Waals surface area contributed by atoms with E-state index >= 15 is 0 Å². The molecule has 1 aromatic heterocycles. The highest BCUT2D eigenvalue weighted by atomic mass is 32.2. The maximum Gasteiger partial charge on any atom is 0.255 e. The van der Waals surface area contributed by atoms with E-state index < -0.39 is 0 Å². The number of anilines is 1. The molecule has 2 heterocycles. The molecule has 1 aliphatic rings. The van der Waals surface area contributed by atoms with Gasteiger partial charge >= 0.3 is 0 Å². The van der Waals surface area contributed by atoms with E-state index in [9.17, 15) is 4.79 Å². The highest BCUT2D eigenvalue weighted by Gasteiger charge is 2.24. The normalized spacial score (nSPS) is 13.9. The Morgan fingerprint density at radius 1 is 1.00 bits per heavy atom. The van der Waals surface area contributed by atoms with E-state index in [0.717, 1.165) is 46.4 Å². The zero-order chi connectivity index (χ0) is 20.9. The molecule has 1 amide bonds. The predicted molar refractivity (Wildman–Crippen MR) is 120 cm³/mol. The molecule has 2 aromatic carbocycles. The fourth-order valence-corrected chi connectivity index (χ4v) is 4.16. The first-order valence-electron chi connectivity index (χ1n) is 9.83. The molecule has 0 atom stereocenters. The molecular formula is C23H24N4O2S. The number of benzene rings is 2. The Labute approximate surface area is 180 Å². The standard InChI is InChI=1S/C23H24N4O2S/c1-29-18-9-7-17(8-10-18)20-15-22(25-16-24-20)26-11-13-27(14-12-26)23(28)19-5-3-4-6-21(19)30-2/h3-10,15-16H,11-14H2,1-2H3. The van der Waals surface area contributed by atoms with Gasteiger partial charge in [-0.3, -0.25) is 4.79 Å². The molecule has 0 spiro atoms. The lowest BCUT2D eigenvalue weighted by Gasteiger charge is -2.35. The van der Waals surface area contributed by atoms with Gasteiger partial charge in [0.25, 0.3) is 5.91 Å². The summed E-state index contributed by atoms with van der Waals surface area (Å²) in [6, 6.07) is 17.6. The molecule has 0 unspecified atom stereocenters. The Bertz CT molecular complexity index is 1020. The molecule has 0 saturated carbocycles. The smallest absolute Gasteiger partial charge is 0.255 e. The third-order valence-corrected chi connectivity index (χ3v) is 6.06. The molecule has 1 saturated heterocycles. The summed E-state index contributed by atoms with van der Waals surface area (Å²) in [5.74, 6) is 1.80. The van der Waals surface area contributed by atoms with E-state index in [1.165, 1.54) is 0 Å². The fourth-order valence-electron chi connectivity index (χ4n) is 3.57. The van der Waals surface area contributed by atoms with Crippen LogP contribution in [0.4, 0.5) is 5.82 Å². The maximum absolute atomic E-state index is 13.0. The topological polar surface area (TPSA) is 58.6 Å². The number of ether oxygens (including phenoxy) is 1. The summed E-state index contributed by atoms with van der Waals surface area (Å²) in [6.07, 6.45) is 3.60. The lowest BCUT2D eigenvalue weighted by molar-refractivity contribution is 0.0743. The van der Waals surface area contributed by atoms with E-state index in [2.05, 4.69) is 14.9 Å². The average molecular weight is 421 g/mol. The van der Waals surface area contributed by atoms with Gasteiger partial charge in [-0.1, -0.05) is 12.1 Å². The number of amides is 1. The van der Waals surface area contributed by atoms with Crippen LogP contribution >= 0.6 is 11.8 Å². The summed E-state index contributed by atoms with van der Waals surface area (Å²) in [4.78, 5) is 27.0. The zero-order valence-electron chi connectivity index (χ0n) is 17.1. The summed E-state index contributed by atoms with van der Waals surface area (Å²) in [5.41, 5.74) is 2.67. The maximum atomic E-state index is 13.0. The monoisotopic (exact) mass is 420 g/mol. The molecule has 7 heteroatoms. The van der Waals surface area contributed by atoms with Gasteiger partial charge in [-0.2, -0.15) is 0 Å². The second kappa shape index (κ2) is 9.17. The van der Waals surface area contributed by atoms with Crippen LogP contribution in [0.15, 0.2) is 65.8 Å². The predicted octanol–water partition coefficient (Wildman–Crippen LogP) is 3.84. The molecule has 3 aromatic rings. The molecule has 0 aliphatic carbocycles. The highest BCUT2D eigenvalue weighted by Crippen LogP contribution is 2.25. The number of nitrogens with zero attached hydrogens (tertiary/aromatic N) is 4. The van der Waals surface area contributed by atoms with Crippen LogP contribution in [0, 0.1) is 0 Å². The first-order valence-corrected chi connectivity index (χ1v) is 11.1. The Kier molecular flexibility index (Phi) is 6.18. The van der Waals surface area contributed by atoms with Crippen LogP contribution in [0.25, 0.3) is 11.3 Å². The van der Waals surface area contributed by atoms with Gasteiger partial charge in [0, 0.05) is 42.7 Å². The Balaban J connectivity index is 1.44. The molecule has 1 fully saturated rings. The summed E-state index contributed by atoms with van der Waals surface area (Å²) < 4.78 is 5.23. The van der Waals surface area contributed by atoms with E-state index in [1.54, 1.807) is 25.2 Å². The van der Waals surface area contributed by atoms with Gasteiger partial charge in [-0.05, 0) is 42.7 Å². The lowest BCUT2D eigenvalue weighted by atomic mass is 10.1. The van der Waals surface area contributed by atoms with Crippen molar-refractivity contribution in [3.63, 3.8) is 0 Å². The number of aromatic nitrogens is 2. The van der Waals surface area contributed by atoms with E-state index in [4.69, 9.17) is 4.74 Å². The minimum Gasteiger partial charge on any atom is -0.497 e. The Hall–Kier alpha value is -3.06. The van der Waals surface area contributed by atoms with E-state index in [0.29, 0.717) is 13.1 Å². The fraction of sp³-hybridized carbons (Fsp3) is 0.261. The quantitative estimate of drug-likeness (QED) is 0.585. The van der Waals surface area contributed by atoms with Crippen molar-refractivity contribution in [2.75, 3.05) is 44.4 Å². The van der Waals surface area contributed by atoms with Crippen LogP contribution in [0.2, 0.25) is 0 Å². The van der Waals surface area contributed by atoms with Crippen molar-refractivity contribution in [2.45, 2.75) is 4.90 Å². The van der Waals surface area contributed by atoms with Crippen LogP contribution in [-0.4, -0.2) is 60.3 Å². The minimum absolute atomic E-state index is 0.0983. The third-order valence-electron chi connectivity index (χ3n) is 5.27. The van der Waals surface area contributed by atoms with Crippen LogP contribution in [-0.2, 0) is 0 Å². The molecule has 0 radical (unpaired) electrons. The minimum atomic E-state index is 0.0983. The molecule has 0 N–H and O–H groups in total.